The maximum absolute atomic E-state index is 12.9. The minimum atomic E-state index is -0.169. The van der Waals surface area contributed by atoms with Crippen LogP contribution in [0.4, 0.5) is 5.00 Å². The van der Waals surface area contributed by atoms with Crippen LogP contribution in [0.15, 0.2) is 54.6 Å². The van der Waals surface area contributed by atoms with E-state index in [1.165, 1.54) is 4.88 Å². The lowest BCUT2D eigenvalue weighted by Gasteiger charge is -2.33. The van der Waals surface area contributed by atoms with Gasteiger partial charge in [-0.15, -0.1) is 11.3 Å². The Labute approximate surface area is 182 Å². The van der Waals surface area contributed by atoms with Gasteiger partial charge in [0.2, 0.25) is 0 Å². The van der Waals surface area contributed by atoms with Crippen molar-refractivity contribution < 1.29 is 4.79 Å². The smallest absolute Gasteiger partial charge is 0.256 e. The molecule has 0 radical (unpaired) electrons. The number of hydrogen-bond acceptors (Lipinski definition) is 3. The Morgan fingerprint density at radius 2 is 1.73 bits per heavy atom. The Bertz CT molecular complexity index is 1100. The fourth-order valence-corrected chi connectivity index (χ4v) is 5.42. The van der Waals surface area contributed by atoms with Gasteiger partial charge in [0.15, 0.2) is 0 Å². The number of carbonyl (C=O) groups excluding carboxylic acids is 1. The second kappa shape index (κ2) is 8.08. The second-order valence-corrected chi connectivity index (χ2v) is 10.1. The summed E-state index contributed by atoms with van der Waals surface area (Å²) in [6, 6.07) is 20.0. The molecule has 1 amide bonds. The van der Waals surface area contributed by atoms with Gasteiger partial charge in [0.05, 0.1) is 5.56 Å². The number of benzene rings is 2. The highest BCUT2D eigenvalue weighted by atomic mass is 32.1. The van der Waals surface area contributed by atoms with E-state index in [4.69, 9.17) is 0 Å². The minimum Gasteiger partial charge on any atom is -0.312 e. The summed E-state index contributed by atoms with van der Waals surface area (Å²) in [6.07, 6.45) is 2.99. The molecule has 0 spiro atoms. The topological polar surface area (TPSA) is 52.9 Å². The summed E-state index contributed by atoms with van der Waals surface area (Å²) in [5.41, 5.74) is 4.82. The zero-order chi connectivity index (χ0) is 21.3. The first kappa shape index (κ1) is 20.4. The molecule has 0 bridgehead atoms. The summed E-state index contributed by atoms with van der Waals surface area (Å²) < 4.78 is 0. The van der Waals surface area contributed by atoms with Gasteiger partial charge in [-0.3, -0.25) is 4.79 Å². The van der Waals surface area contributed by atoms with Gasteiger partial charge in [0, 0.05) is 10.4 Å². The Hall–Kier alpha value is -2.90. The number of carbonyl (C=O) groups is 1. The number of nitriles is 1. The molecule has 1 unspecified atom stereocenters. The predicted octanol–water partition coefficient (Wildman–Crippen LogP) is 6.69. The lowest BCUT2D eigenvalue weighted by molar-refractivity contribution is 0.102. The fourth-order valence-electron chi connectivity index (χ4n) is 4.15. The normalized spacial score (nSPS) is 15.9. The number of fused-ring (bicyclic) bond motifs is 1. The van der Waals surface area contributed by atoms with Crippen LogP contribution in [-0.4, -0.2) is 5.91 Å². The molecule has 4 heteroatoms. The van der Waals surface area contributed by atoms with Crippen LogP contribution >= 0.6 is 11.3 Å². The van der Waals surface area contributed by atoms with Gasteiger partial charge >= 0.3 is 0 Å². The van der Waals surface area contributed by atoms with Crippen molar-refractivity contribution in [3.05, 3.63) is 76.2 Å². The molecule has 152 valence electrons. The first-order chi connectivity index (χ1) is 14.4. The Morgan fingerprint density at radius 1 is 1.07 bits per heavy atom. The lowest BCUT2D eigenvalue weighted by atomic mass is 9.72. The molecule has 1 aliphatic carbocycles. The minimum absolute atomic E-state index is 0.169. The zero-order valence-corrected chi connectivity index (χ0v) is 18.5. The average molecular weight is 415 g/mol. The van der Waals surface area contributed by atoms with E-state index in [0.717, 1.165) is 36.0 Å². The van der Waals surface area contributed by atoms with Crippen LogP contribution in [0, 0.1) is 22.7 Å². The van der Waals surface area contributed by atoms with Crippen LogP contribution in [0.3, 0.4) is 0 Å². The molecule has 4 rings (SSSR count). The molecular formula is C26H26N2OS. The van der Waals surface area contributed by atoms with Crippen LogP contribution in [0.2, 0.25) is 0 Å². The van der Waals surface area contributed by atoms with E-state index >= 15 is 0 Å². The summed E-state index contributed by atoms with van der Waals surface area (Å²) in [7, 11) is 0. The van der Waals surface area contributed by atoms with Gasteiger partial charge < -0.3 is 5.32 Å². The first-order valence-electron chi connectivity index (χ1n) is 10.4. The highest BCUT2D eigenvalue weighted by molar-refractivity contribution is 7.16. The van der Waals surface area contributed by atoms with Gasteiger partial charge in [-0.05, 0) is 59.4 Å². The molecule has 30 heavy (non-hydrogen) atoms. The van der Waals surface area contributed by atoms with Crippen molar-refractivity contribution in [2.45, 2.75) is 40.0 Å². The SMILES string of the molecule is CC(C)(C)C1CCc2c(sc(NC(=O)c3ccc(-c4ccccc4)cc3)c2C#N)C1. The van der Waals surface area contributed by atoms with E-state index < -0.39 is 0 Å². The molecule has 0 aliphatic heterocycles. The third kappa shape index (κ3) is 4.04. The van der Waals surface area contributed by atoms with E-state index in [2.05, 4.69) is 44.3 Å². The molecule has 1 heterocycles. The van der Waals surface area contributed by atoms with Crippen LogP contribution in [-0.2, 0) is 12.8 Å². The molecule has 1 N–H and O–H groups in total. The van der Waals surface area contributed by atoms with Crippen LogP contribution in [0.25, 0.3) is 11.1 Å². The number of nitrogens with one attached hydrogen (secondary N) is 1. The fraction of sp³-hybridized carbons (Fsp3) is 0.308. The summed E-state index contributed by atoms with van der Waals surface area (Å²) in [4.78, 5) is 14.1. The monoisotopic (exact) mass is 414 g/mol. The van der Waals surface area contributed by atoms with Gasteiger partial charge in [-0.25, -0.2) is 0 Å². The van der Waals surface area contributed by atoms with Crippen LogP contribution < -0.4 is 5.32 Å². The Kier molecular flexibility index (Phi) is 5.49. The van der Waals surface area contributed by atoms with Gasteiger partial charge in [0.1, 0.15) is 11.1 Å². The standard InChI is InChI=1S/C26H26N2OS/c1-26(2,3)20-13-14-21-22(16-27)25(30-23(21)15-20)28-24(29)19-11-9-18(10-12-19)17-7-5-4-6-8-17/h4-12,20H,13-15H2,1-3H3,(H,28,29). The maximum atomic E-state index is 12.9. The van der Waals surface area contributed by atoms with E-state index in [1.54, 1.807) is 11.3 Å². The largest absolute Gasteiger partial charge is 0.312 e. The van der Waals surface area contributed by atoms with E-state index in [1.807, 2.05) is 42.5 Å². The quantitative estimate of drug-likeness (QED) is 0.519. The number of anilines is 1. The predicted molar refractivity (Wildman–Crippen MR) is 124 cm³/mol. The van der Waals surface area contributed by atoms with Crippen molar-refractivity contribution in [1.29, 1.82) is 5.26 Å². The Balaban J connectivity index is 1.54. The van der Waals surface area contributed by atoms with Crippen LogP contribution in [0.5, 0.6) is 0 Å². The Morgan fingerprint density at radius 3 is 2.37 bits per heavy atom. The molecule has 3 aromatic rings. The third-order valence-corrected chi connectivity index (χ3v) is 7.25. The summed E-state index contributed by atoms with van der Waals surface area (Å²) >= 11 is 1.57. The van der Waals surface area contributed by atoms with Gasteiger partial charge in [-0.1, -0.05) is 63.2 Å². The average Bonchev–Trinajstić information content (AvgIpc) is 3.10. The van der Waals surface area contributed by atoms with Gasteiger partial charge in [-0.2, -0.15) is 5.26 Å². The molecule has 3 nitrogen and oxygen atoms in total. The van der Waals surface area contributed by atoms with Crippen LogP contribution in [0.1, 0.15) is 53.6 Å². The molecule has 2 aromatic carbocycles. The molecule has 1 aliphatic rings. The third-order valence-electron chi connectivity index (χ3n) is 6.08. The maximum Gasteiger partial charge on any atom is 0.256 e. The highest BCUT2D eigenvalue weighted by Crippen LogP contribution is 2.44. The molecule has 1 atom stereocenters. The molecular weight excluding hydrogens is 388 g/mol. The number of amides is 1. The highest BCUT2D eigenvalue weighted by Gasteiger charge is 2.32. The summed E-state index contributed by atoms with van der Waals surface area (Å²) in [5.74, 6) is 0.432. The van der Waals surface area contributed by atoms with Crippen molar-refractivity contribution in [2.75, 3.05) is 5.32 Å². The first-order valence-corrected chi connectivity index (χ1v) is 11.2. The van der Waals surface area contributed by atoms with Crippen molar-refractivity contribution in [3.63, 3.8) is 0 Å². The second-order valence-electron chi connectivity index (χ2n) is 9.02. The van der Waals surface area contributed by atoms with Crippen molar-refractivity contribution in [1.82, 2.24) is 0 Å². The summed E-state index contributed by atoms with van der Waals surface area (Å²) in [6.45, 7) is 6.84. The summed E-state index contributed by atoms with van der Waals surface area (Å²) in [5, 5.41) is 13.4. The van der Waals surface area contributed by atoms with Crippen molar-refractivity contribution >= 4 is 22.2 Å². The van der Waals surface area contributed by atoms with Crippen molar-refractivity contribution in [2.24, 2.45) is 11.3 Å². The molecule has 0 saturated heterocycles. The molecule has 0 fully saturated rings. The number of thiophene rings is 1. The van der Waals surface area contributed by atoms with Gasteiger partial charge in [0.25, 0.3) is 5.91 Å². The van der Waals surface area contributed by atoms with E-state index in [0.29, 0.717) is 22.0 Å². The molecule has 0 saturated carbocycles. The lowest BCUT2D eigenvalue weighted by Crippen LogP contribution is -2.26. The van der Waals surface area contributed by atoms with E-state index in [-0.39, 0.29) is 11.3 Å². The number of nitrogens with zero attached hydrogens (tertiary/aromatic N) is 1. The molecule has 1 aromatic heterocycles. The van der Waals surface area contributed by atoms with E-state index in [9.17, 15) is 10.1 Å². The zero-order valence-electron chi connectivity index (χ0n) is 17.7. The number of hydrogen-bond donors (Lipinski definition) is 1. The van der Waals surface area contributed by atoms with Crippen molar-refractivity contribution in [3.8, 4) is 17.2 Å². The number of rotatable bonds is 3.